The van der Waals surface area contributed by atoms with Gasteiger partial charge in [-0.25, -0.2) is 13.6 Å². The van der Waals surface area contributed by atoms with Gasteiger partial charge >= 0.3 is 5.97 Å². The summed E-state index contributed by atoms with van der Waals surface area (Å²) >= 11 is 0. The standard InChI is InChI=1S/C10H6F2O4/c11-6-1-5(2-7(12)3-6)8(13)4-9(14)10(15)16/h1-4,14H,(H,15,16)/b9-4-. The average Bonchev–Trinajstić information content (AvgIpc) is 2.15. The van der Waals surface area contributed by atoms with Crippen molar-refractivity contribution in [3.8, 4) is 0 Å². The van der Waals surface area contributed by atoms with Crippen molar-refractivity contribution in [2.45, 2.75) is 0 Å². The van der Waals surface area contributed by atoms with E-state index in [9.17, 15) is 18.4 Å². The molecule has 0 saturated carbocycles. The Morgan fingerprint density at radius 1 is 1.06 bits per heavy atom. The summed E-state index contributed by atoms with van der Waals surface area (Å²) in [6.07, 6.45) is 0.372. The number of ketones is 1. The molecule has 0 heterocycles. The molecule has 0 fully saturated rings. The fourth-order valence-corrected chi connectivity index (χ4v) is 0.965. The summed E-state index contributed by atoms with van der Waals surface area (Å²) in [5, 5.41) is 17.0. The van der Waals surface area contributed by atoms with Crippen molar-refractivity contribution < 1.29 is 28.6 Å². The van der Waals surface area contributed by atoms with Crippen molar-refractivity contribution >= 4 is 11.8 Å². The van der Waals surface area contributed by atoms with Crippen molar-refractivity contribution in [2.24, 2.45) is 0 Å². The van der Waals surface area contributed by atoms with Crippen molar-refractivity contribution in [3.05, 3.63) is 47.2 Å². The van der Waals surface area contributed by atoms with Crippen LogP contribution >= 0.6 is 0 Å². The molecule has 1 aromatic rings. The molecule has 0 spiro atoms. The number of hydrogen-bond acceptors (Lipinski definition) is 3. The van der Waals surface area contributed by atoms with Crippen molar-refractivity contribution in [1.82, 2.24) is 0 Å². The lowest BCUT2D eigenvalue weighted by Crippen LogP contribution is -2.04. The van der Waals surface area contributed by atoms with Gasteiger partial charge in [-0.2, -0.15) is 0 Å². The first kappa shape index (κ1) is 11.8. The van der Waals surface area contributed by atoms with Gasteiger partial charge in [-0.3, -0.25) is 4.79 Å². The third-order valence-electron chi connectivity index (χ3n) is 1.63. The fraction of sp³-hybridized carbons (Fsp3) is 0. The number of carbonyl (C=O) groups is 2. The maximum atomic E-state index is 12.7. The van der Waals surface area contributed by atoms with Crippen LogP contribution in [0.5, 0.6) is 0 Å². The molecular weight excluding hydrogens is 222 g/mol. The molecule has 1 rings (SSSR count). The SMILES string of the molecule is O=C(O)/C(O)=C/C(=O)c1cc(F)cc(F)c1. The normalized spacial score (nSPS) is 11.2. The first-order chi connectivity index (χ1) is 7.40. The van der Waals surface area contributed by atoms with Crippen LogP contribution in [0.1, 0.15) is 10.4 Å². The number of halogens is 2. The van der Waals surface area contributed by atoms with Gasteiger partial charge in [-0.1, -0.05) is 0 Å². The van der Waals surface area contributed by atoms with Gasteiger partial charge in [0, 0.05) is 17.7 Å². The number of benzene rings is 1. The highest BCUT2D eigenvalue weighted by Crippen LogP contribution is 2.09. The van der Waals surface area contributed by atoms with E-state index in [4.69, 9.17) is 10.2 Å². The highest BCUT2D eigenvalue weighted by atomic mass is 19.1. The summed E-state index contributed by atoms with van der Waals surface area (Å²) in [4.78, 5) is 21.4. The minimum Gasteiger partial charge on any atom is -0.502 e. The van der Waals surface area contributed by atoms with E-state index in [2.05, 4.69) is 0 Å². The molecule has 6 heteroatoms. The van der Waals surface area contributed by atoms with Crippen LogP contribution in [0.3, 0.4) is 0 Å². The lowest BCUT2D eigenvalue weighted by Gasteiger charge is -1.97. The Kier molecular flexibility index (Phi) is 3.34. The maximum Gasteiger partial charge on any atom is 0.371 e. The number of allylic oxidation sites excluding steroid dienone is 1. The smallest absolute Gasteiger partial charge is 0.371 e. The van der Waals surface area contributed by atoms with Gasteiger partial charge in [0.15, 0.2) is 5.78 Å². The number of aliphatic carboxylic acids is 1. The Morgan fingerprint density at radius 2 is 1.56 bits per heavy atom. The Morgan fingerprint density at radius 3 is 2.00 bits per heavy atom. The summed E-state index contributed by atoms with van der Waals surface area (Å²) in [6.45, 7) is 0. The van der Waals surface area contributed by atoms with Gasteiger partial charge in [-0.05, 0) is 12.1 Å². The second-order valence-corrected chi connectivity index (χ2v) is 2.86. The molecule has 84 valence electrons. The number of carbonyl (C=O) groups excluding carboxylic acids is 1. The average molecular weight is 228 g/mol. The van der Waals surface area contributed by atoms with Crippen LogP contribution in [0.4, 0.5) is 8.78 Å². The quantitative estimate of drug-likeness (QED) is 0.468. The molecule has 0 radical (unpaired) electrons. The summed E-state index contributed by atoms with van der Waals surface area (Å²) in [5.41, 5.74) is -0.384. The van der Waals surface area contributed by atoms with Crippen LogP contribution in [-0.2, 0) is 4.79 Å². The largest absolute Gasteiger partial charge is 0.502 e. The van der Waals surface area contributed by atoms with Gasteiger partial charge in [-0.15, -0.1) is 0 Å². The fourth-order valence-electron chi connectivity index (χ4n) is 0.965. The van der Waals surface area contributed by atoms with E-state index in [0.29, 0.717) is 12.1 Å². The zero-order chi connectivity index (χ0) is 12.3. The minimum atomic E-state index is -1.70. The lowest BCUT2D eigenvalue weighted by atomic mass is 10.1. The van der Waals surface area contributed by atoms with Gasteiger partial charge in [0.1, 0.15) is 11.6 Å². The first-order valence-electron chi connectivity index (χ1n) is 4.04. The van der Waals surface area contributed by atoms with Crippen molar-refractivity contribution in [1.29, 1.82) is 0 Å². The van der Waals surface area contributed by atoms with E-state index in [1.807, 2.05) is 0 Å². The number of rotatable bonds is 3. The molecule has 0 aliphatic carbocycles. The molecule has 0 amide bonds. The highest BCUT2D eigenvalue weighted by molar-refractivity contribution is 6.07. The summed E-state index contributed by atoms with van der Waals surface area (Å²) in [5.74, 6) is -5.84. The predicted octanol–water partition coefficient (Wildman–Crippen LogP) is 1.67. The van der Waals surface area contributed by atoms with E-state index in [1.54, 1.807) is 0 Å². The molecule has 0 atom stereocenters. The van der Waals surface area contributed by atoms with Crippen LogP contribution < -0.4 is 0 Å². The number of carboxylic acids is 1. The summed E-state index contributed by atoms with van der Waals surface area (Å²) in [6, 6.07) is 2.03. The van der Waals surface area contributed by atoms with Gasteiger partial charge in [0.2, 0.25) is 5.76 Å². The van der Waals surface area contributed by atoms with Gasteiger partial charge in [0.05, 0.1) is 0 Å². The van der Waals surface area contributed by atoms with E-state index >= 15 is 0 Å². The van der Waals surface area contributed by atoms with E-state index in [0.717, 1.165) is 12.1 Å². The summed E-state index contributed by atoms with van der Waals surface area (Å²) in [7, 11) is 0. The molecule has 0 aliphatic heterocycles. The lowest BCUT2D eigenvalue weighted by molar-refractivity contribution is -0.135. The number of aliphatic hydroxyl groups excluding tert-OH is 1. The molecule has 0 bridgehead atoms. The third kappa shape index (κ3) is 2.88. The Bertz CT molecular complexity index is 459. The monoisotopic (exact) mass is 228 g/mol. The topological polar surface area (TPSA) is 74.6 Å². The minimum absolute atomic E-state index is 0.372. The van der Waals surface area contributed by atoms with Crippen LogP contribution in [0.15, 0.2) is 30.0 Å². The predicted molar refractivity (Wildman–Crippen MR) is 49.0 cm³/mol. The van der Waals surface area contributed by atoms with Crippen LogP contribution in [0.25, 0.3) is 0 Å². The zero-order valence-electron chi connectivity index (χ0n) is 7.78. The molecule has 0 aliphatic rings. The number of hydrogen-bond donors (Lipinski definition) is 2. The Balaban J connectivity index is 3.06. The van der Waals surface area contributed by atoms with Gasteiger partial charge in [0.25, 0.3) is 0 Å². The second kappa shape index (κ2) is 4.52. The second-order valence-electron chi connectivity index (χ2n) is 2.86. The van der Waals surface area contributed by atoms with Crippen LogP contribution in [0.2, 0.25) is 0 Å². The molecule has 16 heavy (non-hydrogen) atoms. The van der Waals surface area contributed by atoms with Crippen molar-refractivity contribution in [2.75, 3.05) is 0 Å². The third-order valence-corrected chi connectivity index (χ3v) is 1.63. The molecule has 2 N–H and O–H groups in total. The Labute approximate surface area is 88.4 Å². The molecule has 0 unspecified atom stereocenters. The van der Waals surface area contributed by atoms with E-state index in [1.165, 1.54) is 0 Å². The van der Waals surface area contributed by atoms with Gasteiger partial charge < -0.3 is 10.2 Å². The van der Waals surface area contributed by atoms with E-state index in [-0.39, 0.29) is 5.56 Å². The number of carboxylic acid groups (broad SMARTS) is 1. The maximum absolute atomic E-state index is 12.7. The molecular formula is C10H6F2O4. The number of aliphatic hydroxyl groups is 1. The Hall–Kier alpha value is -2.24. The summed E-state index contributed by atoms with van der Waals surface area (Å²) < 4.78 is 25.4. The van der Waals surface area contributed by atoms with Crippen LogP contribution in [-0.4, -0.2) is 22.0 Å². The molecule has 1 aromatic carbocycles. The first-order valence-corrected chi connectivity index (χ1v) is 4.04. The molecule has 4 nitrogen and oxygen atoms in total. The zero-order valence-corrected chi connectivity index (χ0v) is 7.78. The molecule has 0 saturated heterocycles. The van der Waals surface area contributed by atoms with Crippen LogP contribution in [0, 0.1) is 11.6 Å². The van der Waals surface area contributed by atoms with Crippen molar-refractivity contribution in [3.63, 3.8) is 0 Å². The highest BCUT2D eigenvalue weighted by Gasteiger charge is 2.11. The van der Waals surface area contributed by atoms with E-state index < -0.39 is 29.1 Å². The molecule has 0 aromatic heterocycles.